The number of hydrogen-bond donors (Lipinski definition) is 1. The van der Waals surface area contributed by atoms with Gasteiger partial charge in [-0.3, -0.25) is 4.79 Å². The number of unbranched alkanes of at least 4 members (excludes halogenated alkanes) is 12. The van der Waals surface area contributed by atoms with Gasteiger partial charge in [0.15, 0.2) is 0 Å². The van der Waals surface area contributed by atoms with Crippen molar-refractivity contribution >= 4 is 5.91 Å². The van der Waals surface area contributed by atoms with E-state index < -0.39 is 0 Å². The molecular formula is C25H52N2O. The van der Waals surface area contributed by atoms with Crippen LogP contribution in [0.5, 0.6) is 0 Å². The van der Waals surface area contributed by atoms with Crippen LogP contribution in [0.4, 0.5) is 0 Å². The molecule has 0 rings (SSSR count). The minimum atomic E-state index is 0.256. The second-order valence-electron chi connectivity index (χ2n) is 8.54. The number of rotatable bonds is 22. The van der Waals surface area contributed by atoms with E-state index in [4.69, 9.17) is 0 Å². The molecule has 0 aliphatic carbocycles. The van der Waals surface area contributed by atoms with Crippen LogP contribution in [0, 0.1) is 0 Å². The van der Waals surface area contributed by atoms with Gasteiger partial charge in [-0.2, -0.15) is 0 Å². The van der Waals surface area contributed by atoms with Gasteiger partial charge in [0.05, 0.1) is 0 Å². The van der Waals surface area contributed by atoms with E-state index in [-0.39, 0.29) is 5.91 Å². The van der Waals surface area contributed by atoms with E-state index in [0.29, 0.717) is 6.42 Å². The molecule has 3 heteroatoms. The van der Waals surface area contributed by atoms with Gasteiger partial charge in [0.2, 0.25) is 5.91 Å². The molecular weight excluding hydrogens is 344 g/mol. The topological polar surface area (TPSA) is 32.3 Å². The second-order valence-corrected chi connectivity index (χ2v) is 8.54. The van der Waals surface area contributed by atoms with Gasteiger partial charge in [-0.15, -0.1) is 0 Å². The summed E-state index contributed by atoms with van der Waals surface area (Å²) in [6, 6.07) is 0. The highest BCUT2D eigenvalue weighted by Crippen LogP contribution is 2.10. The number of nitrogens with zero attached hydrogens (tertiary/aromatic N) is 1. The van der Waals surface area contributed by atoms with E-state index in [0.717, 1.165) is 25.9 Å². The van der Waals surface area contributed by atoms with Crippen molar-refractivity contribution in [3.8, 4) is 0 Å². The van der Waals surface area contributed by atoms with Gasteiger partial charge in [0, 0.05) is 13.0 Å². The number of hydrogen-bond acceptors (Lipinski definition) is 2. The first-order chi connectivity index (χ1) is 13.7. The molecule has 0 bridgehead atoms. The smallest absolute Gasteiger partial charge is 0.219 e. The molecule has 0 fully saturated rings. The summed E-state index contributed by atoms with van der Waals surface area (Å²) in [4.78, 5) is 14.6. The Balaban J connectivity index is 3.59. The Bertz CT molecular complexity index is 310. The number of amides is 1. The minimum Gasteiger partial charge on any atom is -0.356 e. The van der Waals surface area contributed by atoms with Crippen molar-refractivity contribution < 1.29 is 4.79 Å². The third-order valence-electron chi connectivity index (χ3n) is 5.64. The van der Waals surface area contributed by atoms with Gasteiger partial charge in [0.25, 0.3) is 0 Å². The summed E-state index contributed by atoms with van der Waals surface area (Å²) in [7, 11) is 0. The number of carbonyl (C=O) groups excluding carboxylic acids is 1. The zero-order chi connectivity index (χ0) is 20.7. The van der Waals surface area contributed by atoms with Crippen LogP contribution in [0.15, 0.2) is 0 Å². The Kier molecular flexibility index (Phi) is 22.3. The van der Waals surface area contributed by atoms with Crippen molar-refractivity contribution in [3.63, 3.8) is 0 Å². The first-order valence-corrected chi connectivity index (χ1v) is 12.7. The lowest BCUT2D eigenvalue weighted by Gasteiger charge is -2.22. The van der Waals surface area contributed by atoms with Crippen molar-refractivity contribution in [1.29, 1.82) is 0 Å². The second kappa shape index (κ2) is 22.7. The van der Waals surface area contributed by atoms with E-state index in [9.17, 15) is 4.79 Å². The van der Waals surface area contributed by atoms with Gasteiger partial charge in [-0.25, -0.2) is 0 Å². The van der Waals surface area contributed by atoms with E-state index in [2.05, 4.69) is 31.0 Å². The zero-order valence-electron chi connectivity index (χ0n) is 19.7. The lowest BCUT2D eigenvalue weighted by molar-refractivity contribution is -0.121. The van der Waals surface area contributed by atoms with Crippen molar-refractivity contribution in [2.24, 2.45) is 0 Å². The molecule has 3 nitrogen and oxygen atoms in total. The number of nitrogens with one attached hydrogen (secondary N) is 1. The Hall–Kier alpha value is -0.570. The molecule has 0 radical (unpaired) electrons. The fourth-order valence-corrected chi connectivity index (χ4v) is 3.72. The summed E-state index contributed by atoms with van der Waals surface area (Å²) in [5, 5.41) is 3.13. The molecule has 0 unspecified atom stereocenters. The standard InChI is InChI=1S/C25H52N2O/c1-4-7-10-11-12-13-14-15-16-20-25(28)26-21-19-24-27(22-17-8-5-2)23-18-9-6-3/h4-24H2,1-3H3,(H,26,28). The highest BCUT2D eigenvalue weighted by atomic mass is 16.1. The summed E-state index contributed by atoms with van der Waals surface area (Å²) < 4.78 is 0. The summed E-state index contributed by atoms with van der Waals surface area (Å²) in [5.41, 5.74) is 0. The van der Waals surface area contributed by atoms with Gasteiger partial charge < -0.3 is 10.2 Å². The van der Waals surface area contributed by atoms with E-state index in [1.54, 1.807) is 0 Å². The van der Waals surface area contributed by atoms with Crippen LogP contribution in [0.2, 0.25) is 0 Å². The van der Waals surface area contributed by atoms with Crippen LogP contribution in [-0.4, -0.2) is 37.0 Å². The Morgan fingerprint density at radius 1 is 0.571 bits per heavy atom. The maximum atomic E-state index is 12.0. The Morgan fingerprint density at radius 2 is 1.00 bits per heavy atom. The lowest BCUT2D eigenvalue weighted by Crippen LogP contribution is -2.31. The van der Waals surface area contributed by atoms with Crippen LogP contribution in [0.1, 0.15) is 130 Å². The molecule has 1 N–H and O–H groups in total. The monoisotopic (exact) mass is 396 g/mol. The van der Waals surface area contributed by atoms with Gasteiger partial charge >= 0.3 is 0 Å². The van der Waals surface area contributed by atoms with E-state index in [1.165, 1.54) is 103 Å². The van der Waals surface area contributed by atoms with Crippen molar-refractivity contribution in [1.82, 2.24) is 10.2 Å². The highest BCUT2D eigenvalue weighted by molar-refractivity contribution is 5.75. The maximum Gasteiger partial charge on any atom is 0.219 e. The molecule has 0 aromatic carbocycles. The fourth-order valence-electron chi connectivity index (χ4n) is 3.72. The van der Waals surface area contributed by atoms with Gasteiger partial charge in [0.1, 0.15) is 0 Å². The summed E-state index contributed by atoms with van der Waals surface area (Å²) in [6.07, 6.45) is 21.4. The van der Waals surface area contributed by atoms with Crippen LogP contribution in [0.3, 0.4) is 0 Å². The fraction of sp³-hybridized carbons (Fsp3) is 0.960. The number of carbonyl (C=O) groups is 1. The maximum absolute atomic E-state index is 12.0. The molecule has 0 aliphatic rings. The van der Waals surface area contributed by atoms with E-state index >= 15 is 0 Å². The van der Waals surface area contributed by atoms with Gasteiger partial charge in [-0.05, 0) is 45.3 Å². The van der Waals surface area contributed by atoms with Crippen LogP contribution >= 0.6 is 0 Å². The van der Waals surface area contributed by atoms with E-state index in [1.807, 2.05) is 0 Å². The SMILES string of the molecule is CCCCCCCCCCCC(=O)NCCCN(CCCCC)CCCCC. The Labute approximate surface area is 177 Å². The predicted molar refractivity (Wildman–Crippen MR) is 125 cm³/mol. The third kappa shape index (κ3) is 20.2. The third-order valence-corrected chi connectivity index (χ3v) is 5.64. The molecule has 0 heterocycles. The van der Waals surface area contributed by atoms with Crippen LogP contribution in [-0.2, 0) is 4.79 Å². The molecule has 28 heavy (non-hydrogen) atoms. The average molecular weight is 397 g/mol. The molecule has 0 aromatic heterocycles. The summed E-state index contributed by atoms with van der Waals surface area (Å²) >= 11 is 0. The normalized spacial score (nSPS) is 11.3. The van der Waals surface area contributed by atoms with Gasteiger partial charge in [-0.1, -0.05) is 97.8 Å². The van der Waals surface area contributed by atoms with Crippen molar-refractivity contribution in [2.75, 3.05) is 26.2 Å². The van der Waals surface area contributed by atoms with Crippen molar-refractivity contribution in [3.05, 3.63) is 0 Å². The highest BCUT2D eigenvalue weighted by Gasteiger charge is 2.05. The Morgan fingerprint density at radius 3 is 1.54 bits per heavy atom. The zero-order valence-corrected chi connectivity index (χ0v) is 19.7. The largest absolute Gasteiger partial charge is 0.356 e. The predicted octanol–water partition coefficient (Wildman–Crippen LogP) is 7.10. The summed E-state index contributed by atoms with van der Waals surface area (Å²) in [6.45, 7) is 11.2. The molecule has 0 aromatic rings. The quantitative estimate of drug-likeness (QED) is 0.198. The van der Waals surface area contributed by atoms with Crippen molar-refractivity contribution in [2.45, 2.75) is 130 Å². The molecule has 0 atom stereocenters. The lowest BCUT2D eigenvalue weighted by atomic mass is 10.1. The van der Waals surface area contributed by atoms with Crippen LogP contribution in [0.25, 0.3) is 0 Å². The minimum absolute atomic E-state index is 0.256. The first kappa shape index (κ1) is 27.4. The molecule has 168 valence electrons. The first-order valence-electron chi connectivity index (χ1n) is 12.7. The molecule has 0 saturated heterocycles. The van der Waals surface area contributed by atoms with Crippen LogP contribution < -0.4 is 5.32 Å². The molecule has 1 amide bonds. The molecule has 0 spiro atoms. The summed E-state index contributed by atoms with van der Waals surface area (Å²) in [5.74, 6) is 0.256. The molecule has 0 saturated carbocycles. The average Bonchev–Trinajstić information content (AvgIpc) is 2.69. The molecule has 0 aliphatic heterocycles.